The lowest BCUT2D eigenvalue weighted by Gasteiger charge is -2.25. The molecule has 1 unspecified atom stereocenters. The van der Waals surface area contributed by atoms with Crippen LogP contribution in [0.25, 0.3) is 0 Å². The minimum atomic E-state index is -4.43. The van der Waals surface area contributed by atoms with Crippen molar-refractivity contribution in [3.8, 4) is 12.1 Å². The van der Waals surface area contributed by atoms with Crippen molar-refractivity contribution in [2.45, 2.75) is 37.8 Å². The molecule has 13 heavy (non-hydrogen) atoms. The van der Waals surface area contributed by atoms with Crippen molar-refractivity contribution in [1.29, 1.82) is 10.5 Å². The first-order chi connectivity index (χ1) is 5.87. The van der Waals surface area contributed by atoms with E-state index in [2.05, 4.69) is 0 Å². The monoisotopic (exact) mass is 202 g/mol. The number of nitriles is 2. The Balaban J connectivity index is 4.34. The van der Waals surface area contributed by atoms with Gasteiger partial charge in [-0.3, -0.25) is 8.22 Å². The third-order valence-electron chi connectivity index (χ3n) is 2.18. The Morgan fingerprint density at radius 1 is 1.38 bits per heavy atom. The normalized spacial score (nSPS) is 15.5. The topological polar surface area (TPSA) is 47.6 Å². The molecule has 0 heterocycles. The number of nitrogens with zero attached hydrogens (tertiary/aromatic N) is 2. The molecule has 0 fully saturated rings. The van der Waals surface area contributed by atoms with Gasteiger partial charge in [0, 0.05) is 6.42 Å². The van der Waals surface area contributed by atoms with E-state index < -0.39 is 13.8 Å². The zero-order valence-corrected chi connectivity index (χ0v) is 8.77. The Labute approximate surface area is 78.1 Å². The van der Waals surface area contributed by atoms with E-state index in [1.54, 1.807) is 6.07 Å². The maximum atomic E-state index is 13.0. The van der Waals surface area contributed by atoms with Crippen LogP contribution in [-0.4, -0.2) is 8.74 Å². The van der Waals surface area contributed by atoms with Crippen LogP contribution in [0.5, 0.6) is 0 Å². The molecule has 0 N–H and O–H groups in total. The molecule has 0 rings (SSSR count). The van der Waals surface area contributed by atoms with E-state index >= 15 is 0 Å². The molecule has 0 radical (unpaired) electrons. The van der Waals surface area contributed by atoms with Crippen molar-refractivity contribution >= 4 is 8.74 Å². The van der Waals surface area contributed by atoms with Gasteiger partial charge in [0.25, 0.3) is 0 Å². The van der Waals surface area contributed by atoms with E-state index in [4.69, 9.17) is 10.5 Å². The first kappa shape index (κ1) is 12.1. The number of halogens is 2. The summed E-state index contributed by atoms with van der Waals surface area (Å²) in [5.41, 5.74) is 0. The molecule has 0 saturated carbocycles. The van der Waals surface area contributed by atoms with Gasteiger partial charge in [-0.25, -0.2) is 0 Å². The highest BCUT2D eigenvalue weighted by Gasteiger charge is 2.50. The predicted octanol–water partition coefficient (Wildman–Crippen LogP) is 2.98. The summed E-state index contributed by atoms with van der Waals surface area (Å²) in [5, 5.41) is 15.4. The van der Waals surface area contributed by atoms with E-state index in [-0.39, 0.29) is 12.8 Å². The van der Waals surface area contributed by atoms with Crippen LogP contribution >= 0.6 is 0 Å². The summed E-state index contributed by atoms with van der Waals surface area (Å²) in [4.78, 5) is 0. The molecule has 0 amide bonds. The van der Waals surface area contributed by atoms with Gasteiger partial charge in [-0.05, 0) is 26.3 Å². The van der Waals surface area contributed by atoms with E-state index in [1.165, 1.54) is 6.92 Å². The Bertz CT molecular complexity index is 248. The summed E-state index contributed by atoms with van der Waals surface area (Å²) in [6, 6.07) is 3.56. The van der Waals surface area contributed by atoms with Crippen LogP contribution in [0.3, 0.4) is 0 Å². The maximum Gasteiger partial charge on any atom is 0.441 e. The summed E-state index contributed by atoms with van der Waals surface area (Å²) in [5.74, 6) is 0. The van der Waals surface area contributed by atoms with E-state index in [9.17, 15) is 8.22 Å². The Morgan fingerprint density at radius 2 is 1.92 bits per heavy atom. The zero-order valence-electron chi connectivity index (χ0n) is 7.77. The molecule has 0 aliphatic rings. The molecule has 0 aliphatic heterocycles. The summed E-state index contributed by atoms with van der Waals surface area (Å²) in [7, 11) is -4.43. The Kier molecular flexibility index (Phi) is 4.02. The highest BCUT2D eigenvalue weighted by Crippen LogP contribution is 2.43. The molecule has 0 saturated heterocycles. The van der Waals surface area contributed by atoms with Crippen molar-refractivity contribution < 1.29 is 8.22 Å². The third kappa shape index (κ3) is 3.12. The summed E-state index contributed by atoms with van der Waals surface area (Å²) < 4.78 is 26.1. The van der Waals surface area contributed by atoms with Crippen molar-refractivity contribution in [1.82, 2.24) is 0 Å². The summed E-state index contributed by atoms with van der Waals surface area (Å²) >= 11 is 0. The number of hydrogen-bond donors (Lipinski definition) is 0. The van der Waals surface area contributed by atoms with Crippen LogP contribution in [0.4, 0.5) is 8.22 Å². The van der Waals surface area contributed by atoms with Gasteiger partial charge in [0.2, 0.25) is 0 Å². The van der Waals surface area contributed by atoms with Gasteiger partial charge >= 0.3 is 8.74 Å². The Hall–Kier alpha value is -0.943. The molecule has 0 aromatic heterocycles. The number of unbranched alkanes of at least 4 members (excludes halogenated alkanes) is 1. The molecule has 0 bridgehead atoms. The molecule has 0 aromatic rings. The summed E-state index contributed by atoms with van der Waals surface area (Å²) in [6.07, 6.45) is 0.728. The molecule has 5 heteroatoms. The van der Waals surface area contributed by atoms with Crippen LogP contribution in [0.1, 0.15) is 26.2 Å². The predicted molar refractivity (Wildman–Crippen MR) is 47.3 cm³/mol. The van der Waals surface area contributed by atoms with Gasteiger partial charge in [-0.2, -0.15) is 10.5 Å². The van der Waals surface area contributed by atoms with Crippen molar-refractivity contribution in [2.24, 2.45) is 0 Å². The minimum Gasteiger partial charge on any atom is -0.269 e. The maximum absolute atomic E-state index is 13.0. The fourth-order valence-corrected chi connectivity index (χ4v) is 1.71. The van der Waals surface area contributed by atoms with Crippen LogP contribution in [0.2, 0.25) is 11.6 Å². The smallest absolute Gasteiger partial charge is 0.269 e. The average Bonchev–Trinajstić information content (AvgIpc) is 2.02. The molecule has 2 nitrogen and oxygen atoms in total. The second-order valence-corrected chi connectivity index (χ2v) is 6.22. The molecular weight excluding hydrogens is 190 g/mol. The van der Waals surface area contributed by atoms with Crippen LogP contribution in [-0.2, 0) is 0 Å². The molecule has 72 valence electrons. The second-order valence-electron chi connectivity index (χ2n) is 3.34. The zero-order chi connectivity index (χ0) is 10.5. The van der Waals surface area contributed by atoms with Gasteiger partial charge in [0.1, 0.15) is 5.04 Å². The Morgan fingerprint density at radius 3 is 2.23 bits per heavy atom. The molecular formula is C8H12F2N2Si. The standard InChI is InChI=1S/C8H12F2N2Si/c1-8(7-12,13(2,9)10)5-3-4-6-11/h3-5H2,1-2H3. The molecule has 0 aliphatic carbocycles. The largest absolute Gasteiger partial charge is 0.441 e. The first-order valence-corrected chi connectivity index (χ1v) is 6.29. The minimum absolute atomic E-state index is 0.118. The van der Waals surface area contributed by atoms with Gasteiger partial charge in [-0.15, -0.1) is 0 Å². The van der Waals surface area contributed by atoms with Crippen LogP contribution in [0, 0.1) is 22.7 Å². The van der Waals surface area contributed by atoms with E-state index in [0.717, 1.165) is 6.55 Å². The second kappa shape index (κ2) is 4.34. The fraction of sp³-hybridized carbons (Fsp3) is 0.750. The average molecular weight is 202 g/mol. The number of hydrogen-bond acceptors (Lipinski definition) is 2. The van der Waals surface area contributed by atoms with Crippen molar-refractivity contribution in [3.63, 3.8) is 0 Å². The van der Waals surface area contributed by atoms with E-state index in [1.807, 2.05) is 6.07 Å². The van der Waals surface area contributed by atoms with Crippen molar-refractivity contribution in [3.05, 3.63) is 0 Å². The van der Waals surface area contributed by atoms with Gasteiger partial charge in [-0.1, -0.05) is 0 Å². The lowest BCUT2D eigenvalue weighted by Crippen LogP contribution is -2.34. The summed E-state index contributed by atoms with van der Waals surface area (Å²) in [6.45, 7) is 2.17. The van der Waals surface area contributed by atoms with Crippen molar-refractivity contribution in [2.75, 3.05) is 0 Å². The van der Waals surface area contributed by atoms with Gasteiger partial charge < -0.3 is 0 Å². The lowest BCUT2D eigenvalue weighted by molar-refractivity contribution is 0.489. The van der Waals surface area contributed by atoms with Crippen LogP contribution < -0.4 is 0 Å². The number of rotatable bonds is 4. The first-order valence-electron chi connectivity index (χ1n) is 4.03. The highest BCUT2D eigenvalue weighted by atomic mass is 28.4. The third-order valence-corrected chi connectivity index (χ3v) is 4.48. The van der Waals surface area contributed by atoms with Gasteiger partial charge in [0.15, 0.2) is 0 Å². The quantitative estimate of drug-likeness (QED) is 0.399. The molecule has 0 spiro atoms. The van der Waals surface area contributed by atoms with Gasteiger partial charge in [0.05, 0.1) is 12.1 Å². The fourth-order valence-electron chi connectivity index (χ4n) is 0.895. The molecule has 0 aromatic carbocycles. The van der Waals surface area contributed by atoms with E-state index in [0.29, 0.717) is 6.42 Å². The highest BCUT2D eigenvalue weighted by molar-refractivity contribution is 6.68. The SMILES string of the molecule is CC(C#N)(CCCC#N)[Si](C)(F)F. The molecule has 1 atom stereocenters. The van der Waals surface area contributed by atoms with Crippen LogP contribution in [0.15, 0.2) is 0 Å². The lowest BCUT2D eigenvalue weighted by atomic mass is 10.1.